The van der Waals surface area contributed by atoms with E-state index in [-0.39, 0.29) is 5.57 Å². The summed E-state index contributed by atoms with van der Waals surface area (Å²) in [5.74, 6) is 0.728. The zero-order valence-corrected chi connectivity index (χ0v) is 16.1. The quantitative estimate of drug-likeness (QED) is 0.672. The molecule has 3 aromatic rings. The number of rotatable bonds is 4. The Kier molecular flexibility index (Phi) is 6.19. The Bertz CT molecular complexity index is 1100. The summed E-state index contributed by atoms with van der Waals surface area (Å²) in [5, 5.41) is 27.5. The maximum absolute atomic E-state index is 9.03. The molecule has 28 heavy (non-hydrogen) atoms. The van der Waals surface area contributed by atoms with Crippen molar-refractivity contribution >= 4 is 46.0 Å². The average molecular weight is 405 g/mol. The predicted molar refractivity (Wildman–Crippen MR) is 114 cm³/mol. The second-order valence-corrected chi connectivity index (χ2v) is 6.69. The summed E-state index contributed by atoms with van der Waals surface area (Å²) in [6.07, 6.45) is 0. The minimum Gasteiger partial charge on any atom is -0.341 e. The SMILES string of the molecule is N#CC(C#N)=c1ccc(=C(Nc2ccc(Cl)cc2)Nc2ccc(Cl)cc2)cc1. The largest absolute Gasteiger partial charge is 0.341 e. The van der Waals surface area contributed by atoms with Crippen molar-refractivity contribution in [3.63, 3.8) is 0 Å². The van der Waals surface area contributed by atoms with E-state index in [1.807, 2.05) is 48.5 Å². The first-order chi connectivity index (χ1) is 13.6. The molecule has 6 heteroatoms. The summed E-state index contributed by atoms with van der Waals surface area (Å²) in [6.45, 7) is 0. The van der Waals surface area contributed by atoms with Gasteiger partial charge in [-0.1, -0.05) is 47.5 Å². The van der Waals surface area contributed by atoms with Crippen molar-refractivity contribution in [3.05, 3.63) is 93.3 Å². The van der Waals surface area contributed by atoms with E-state index in [1.165, 1.54) is 0 Å². The van der Waals surface area contributed by atoms with E-state index in [0.717, 1.165) is 22.4 Å². The molecule has 3 aromatic carbocycles. The molecule has 0 atom stereocenters. The lowest BCUT2D eigenvalue weighted by Gasteiger charge is -2.14. The molecule has 0 aliphatic rings. The first kappa shape index (κ1) is 19.3. The lowest BCUT2D eigenvalue weighted by atomic mass is 10.2. The fourth-order valence-electron chi connectivity index (χ4n) is 2.49. The van der Waals surface area contributed by atoms with Gasteiger partial charge in [-0.2, -0.15) is 10.5 Å². The van der Waals surface area contributed by atoms with Gasteiger partial charge in [-0.25, -0.2) is 0 Å². The zero-order chi connectivity index (χ0) is 19.9. The van der Waals surface area contributed by atoms with Gasteiger partial charge in [0, 0.05) is 31.9 Å². The van der Waals surface area contributed by atoms with Crippen LogP contribution >= 0.6 is 23.2 Å². The fraction of sp³-hybridized carbons (Fsp3) is 0. The number of nitriles is 2. The molecule has 3 rings (SSSR count). The van der Waals surface area contributed by atoms with Gasteiger partial charge in [0.15, 0.2) is 0 Å². The van der Waals surface area contributed by atoms with Crippen molar-refractivity contribution in [1.29, 1.82) is 10.5 Å². The molecular weight excluding hydrogens is 391 g/mol. The van der Waals surface area contributed by atoms with Gasteiger partial charge in [0.25, 0.3) is 0 Å². The van der Waals surface area contributed by atoms with Crippen LogP contribution in [0.4, 0.5) is 11.4 Å². The molecule has 0 saturated carbocycles. The number of nitrogens with zero attached hydrogens (tertiary/aromatic N) is 2. The average Bonchev–Trinajstić information content (AvgIpc) is 2.72. The maximum atomic E-state index is 9.03. The molecule has 0 fully saturated rings. The molecule has 0 unspecified atom stereocenters. The van der Waals surface area contributed by atoms with Crippen LogP contribution in [0.1, 0.15) is 0 Å². The Morgan fingerprint density at radius 2 is 1.00 bits per heavy atom. The van der Waals surface area contributed by atoms with Crippen molar-refractivity contribution in [2.75, 3.05) is 10.6 Å². The third-order valence-corrected chi connectivity index (χ3v) is 4.42. The number of hydrogen-bond acceptors (Lipinski definition) is 4. The topological polar surface area (TPSA) is 71.6 Å². The van der Waals surface area contributed by atoms with Gasteiger partial charge in [0.05, 0.1) is 0 Å². The molecular formula is C22H14Cl2N4. The molecule has 4 nitrogen and oxygen atoms in total. The van der Waals surface area contributed by atoms with Gasteiger partial charge >= 0.3 is 0 Å². The van der Waals surface area contributed by atoms with Gasteiger partial charge in [-0.05, 0) is 48.5 Å². The summed E-state index contributed by atoms with van der Waals surface area (Å²) in [6, 6.07) is 25.6. The number of halogens is 2. The van der Waals surface area contributed by atoms with Gasteiger partial charge < -0.3 is 10.6 Å². The standard InChI is InChI=1S/C22H14Cl2N4/c23-18-5-9-20(10-6-18)27-22(28-21-11-7-19(24)8-12-21)16-3-1-15(2-4-16)17(13-25)14-26/h1-12,27-28H. The molecule has 0 spiro atoms. The number of anilines is 2. The second kappa shape index (κ2) is 8.97. The van der Waals surface area contributed by atoms with Crippen molar-refractivity contribution in [2.24, 2.45) is 0 Å². The first-order valence-electron chi connectivity index (χ1n) is 8.29. The number of benzene rings is 3. The van der Waals surface area contributed by atoms with Crippen LogP contribution in [0, 0.1) is 22.7 Å². The zero-order valence-electron chi connectivity index (χ0n) is 14.6. The Labute approximate surface area is 172 Å². The monoisotopic (exact) mass is 404 g/mol. The lowest BCUT2D eigenvalue weighted by molar-refractivity contribution is 1.43. The van der Waals surface area contributed by atoms with Crippen LogP contribution < -0.4 is 21.1 Å². The third-order valence-electron chi connectivity index (χ3n) is 3.91. The van der Waals surface area contributed by atoms with Crippen molar-refractivity contribution < 1.29 is 0 Å². The molecule has 0 aliphatic carbocycles. The van der Waals surface area contributed by atoms with E-state index in [2.05, 4.69) is 10.6 Å². The summed E-state index contributed by atoms with van der Waals surface area (Å²) in [4.78, 5) is 0. The number of nitrogens with one attached hydrogen (secondary N) is 2. The summed E-state index contributed by atoms with van der Waals surface area (Å²) in [7, 11) is 0. The van der Waals surface area contributed by atoms with Crippen molar-refractivity contribution in [3.8, 4) is 12.1 Å². The predicted octanol–water partition coefficient (Wildman–Crippen LogP) is 4.48. The molecule has 2 N–H and O–H groups in total. The highest BCUT2D eigenvalue weighted by atomic mass is 35.5. The van der Waals surface area contributed by atoms with Crippen LogP contribution in [0.5, 0.6) is 0 Å². The van der Waals surface area contributed by atoms with Crippen LogP contribution in [0.2, 0.25) is 10.0 Å². The van der Waals surface area contributed by atoms with E-state index in [4.69, 9.17) is 33.7 Å². The van der Waals surface area contributed by atoms with Crippen molar-refractivity contribution in [1.82, 2.24) is 0 Å². The Balaban J connectivity index is 2.06. The summed E-state index contributed by atoms with van der Waals surface area (Å²) < 4.78 is 0. The molecule has 0 saturated heterocycles. The van der Waals surface area contributed by atoms with Gasteiger partial charge in [-0.15, -0.1) is 0 Å². The Hall–Kier alpha value is -3.44. The molecule has 0 amide bonds. The smallest absolute Gasteiger partial charge is 0.136 e. The first-order valence-corrected chi connectivity index (χ1v) is 9.05. The number of hydrogen-bond donors (Lipinski definition) is 2. The molecule has 0 aromatic heterocycles. The third kappa shape index (κ3) is 4.84. The highest BCUT2D eigenvalue weighted by Gasteiger charge is 2.03. The lowest BCUT2D eigenvalue weighted by Crippen LogP contribution is -2.21. The van der Waals surface area contributed by atoms with Crippen LogP contribution in [0.25, 0.3) is 11.4 Å². The molecule has 0 radical (unpaired) electrons. The van der Waals surface area contributed by atoms with Crippen molar-refractivity contribution in [2.45, 2.75) is 0 Å². The van der Waals surface area contributed by atoms with Crippen LogP contribution in [-0.4, -0.2) is 0 Å². The molecule has 0 heterocycles. The molecule has 136 valence electrons. The van der Waals surface area contributed by atoms with E-state index < -0.39 is 0 Å². The normalized spacial score (nSPS) is 9.71. The van der Waals surface area contributed by atoms with Gasteiger partial charge in [-0.3, -0.25) is 0 Å². The summed E-state index contributed by atoms with van der Waals surface area (Å²) >= 11 is 11.9. The fourth-order valence-corrected chi connectivity index (χ4v) is 2.74. The Morgan fingerprint density at radius 3 is 1.39 bits per heavy atom. The molecule has 0 aliphatic heterocycles. The second-order valence-electron chi connectivity index (χ2n) is 5.81. The minimum atomic E-state index is 0.0735. The van der Waals surface area contributed by atoms with Crippen LogP contribution in [-0.2, 0) is 0 Å². The van der Waals surface area contributed by atoms with E-state index in [1.54, 1.807) is 36.4 Å². The van der Waals surface area contributed by atoms with E-state index in [0.29, 0.717) is 15.3 Å². The highest BCUT2D eigenvalue weighted by Crippen LogP contribution is 2.18. The van der Waals surface area contributed by atoms with Crippen LogP contribution in [0.15, 0.2) is 72.8 Å². The molecule has 0 bridgehead atoms. The maximum Gasteiger partial charge on any atom is 0.136 e. The van der Waals surface area contributed by atoms with E-state index in [9.17, 15) is 0 Å². The van der Waals surface area contributed by atoms with Gasteiger partial charge in [0.1, 0.15) is 23.5 Å². The van der Waals surface area contributed by atoms with Gasteiger partial charge in [0.2, 0.25) is 0 Å². The Morgan fingerprint density at radius 1 is 0.607 bits per heavy atom. The summed E-state index contributed by atoms with van der Waals surface area (Å²) in [5.41, 5.74) is 1.78. The highest BCUT2D eigenvalue weighted by molar-refractivity contribution is 6.30. The van der Waals surface area contributed by atoms with Crippen LogP contribution in [0.3, 0.4) is 0 Å². The minimum absolute atomic E-state index is 0.0735. The van der Waals surface area contributed by atoms with E-state index >= 15 is 0 Å².